The van der Waals surface area contributed by atoms with Gasteiger partial charge in [-0.25, -0.2) is 13.1 Å². The molecule has 0 aliphatic carbocycles. The first-order valence-corrected chi connectivity index (χ1v) is 8.84. The second-order valence-electron chi connectivity index (χ2n) is 5.57. The third kappa shape index (κ3) is 6.46. The minimum Gasteiger partial charge on any atom is -0.385 e. The van der Waals surface area contributed by atoms with E-state index >= 15 is 0 Å². The maximum absolute atomic E-state index is 12.3. The van der Waals surface area contributed by atoms with E-state index < -0.39 is 10.0 Å². The van der Waals surface area contributed by atoms with Crippen LogP contribution < -0.4 is 10.0 Å². The number of nitrogens with zero attached hydrogens (tertiary/aromatic N) is 1. The molecule has 2 N–H and O–H groups in total. The lowest BCUT2D eigenvalue weighted by Gasteiger charge is -2.17. The van der Waals surface area contributed by atoms with Gasteiger partial charge in [-0.2, -0.15) is 0 Å². The van der Waals surface area contributed by atoms with Crippen LogP contribution in [0.2, 0.25) is 0 Å². The first-order chi connectivity index (χ1) is 9.85. The van der Waals surface area contributed by atoms with Crippen LogP contribution >= 0.6 is 0 Å². The number of sulfonamides is 1. The van der Waals surface area contributed by atoms with Crippen LogP contribution in [-0.2, 0) is 10.0 Å². The van der Waals surface area contributed by atoms with E-state index in [0.29, 0.717) is 4.90 Å². The van der Waals surface area contributed by atoms with E-state index in [1.165, 1.54) is 0 Å². The molecule has 1 aromatic carbocycles. The van der Waals surface area contributed by atoms with Gasteiger partial charge in [0.25, 0.3) is 0 Å². The van der Waals surface area contributed by atoms with Crippen LogP contribution in [0.25, 0.3) is 0 Å². The minimum atomic E-state index is -3.44. The van der Waals surface area contributed by atoms with E-state index in [1.807, 2.05) is 25.9 Å². The van der Waals surface area contributed by atoms with Gasteiger partial charge in [-0.1, -0.05) is 6.92 Å². The Morgan fingerprint density at radius 1 is 1.19 bits per heavy atom. The Balaban J connectivity index is 2.65. The lowest BCUT2D eigenvalue weighted by Crippen LogP contribution is -2.34. The fourth-order valence-corrected chi connectivity index (χ4v) is 3.14. The lowest BCUT2D eigenvalue weighted by molar-refractivity contribution is 0.379. The SMILES string of the molecule is CCCNc1ccc(S(=O)(=O)NC(C)CCN(C)C)cc1. The van der Waals surface area contributed by atoms with Crippen molar-refractivity contribution in [1.29, 1.82) is 0 Å². The average Bonchev–Trinajstić information content (AvgIpc) is 2.43. The summed E-state index contributed by atoms with van der Waals surface area (Å²) >= 11 is 0. The van der Waals surface area contributed by atoms with Gasteiger partial charge in [-0.15, -0.1) is 0 Å². The van der Waals surface area contributed by atoms with Crippen molar-refractivity contribution in [2.75, 3.05) is 32.5 Å². The topological polar surface area (TPSA) is 61.4 Å². The van der Waals surface area contributed by atoms with Crippen LogP contribution in [0.3, 0.4) is 0 Å². The molecule has 0 amide bonds. The van der Waals surface area contributed by atoms with Gasteiger partial charge in [0, 0.05) is 18.3 Å². The van der Waals surface area contributed by atoms with E-state index in [2.05, 4.69) is 17.0 Å². The summed E-state index contributed by atoms with van der Waals surface area (Å²) in [6.45, 7) is 5.71. The van der Waals surface area contributed by atoms with Gasteiger partial charge in [-0.3, -0.25) is 0 Å². The van der Waals surface area contributed by atoms with Crippen molar-refractivity contribution in [2.24, 2.45) is 0 Å². The Labute approximate surface area is 128 Å². The van der Waals surface area contributed by atoms with Gasteiger partial charge in [-0.05, 0) is 64.7 Å². The van der Waals surface area contributed by atoms with Crippen molar-refractivity contribution in [3.63, 3.8) is 0 Å². The molecule has 1 atom stereocenters. The fourth-order valence-electron chi connectivity index (χ4n) is 1.86. The molecule has 0 saturated carbocycles. The molecule has 0 spiro atoms. The van der Waals surface area contributed by atoms with Crippen molar-refractivity contribution in [2.45, 2.75) is 37.6 Å². The van der Waals surface area contributed by atoms with E-state index in [-0.39, 0.29) is 6.04 Å². The zero-order valence-electron chi connectivity index (χ0n) is 13.4. The standard InChI is InChI=1S/C15H27N3O2S/c1-5-11-16-14-6-8-15(9-7-14)21(19,20)17-13(2)10-12-18(3)4/h6-9,13,16-17H,5,10-12H2,1-4H3. The first kappa shape index (κ1) is 17.9. The number of hydrogen-bond acceptors (Lipinski definition) is 4. The van der Waals surface area contributed by atoms with Crippen molar-refractivity contribution in [1.82, 2.24) is 9.62 Å². The maximum Gasteiger partial charge on any atom is 0.240 e. The monoisotopic (exact) mass is 313 g/mol. The molecule has 0 aliphatic heterocycles. The third-order valence-corrected chi connectivity index (χ3v) is 4.71. The molecule has 0 aromatic heterocycles. The summed E-state index contributed by atoms with van der Waals surface area (Å²) in [4.78, 5) is 2.35. The summed E-state index contributed by atoms with van der Waals surface area (Å²) in [7, 11) is 0.510. The molecule has 0 bridgehead atoms. The van der Waals surface area contributed by atoms with Crippen LogP contribution in [0.5, 0.6) is 0 Å². The molecular weight excluding hydrogens is 286 g/mol. The summed E-state index contributed by atoms with van der Waals surface area (Å²) in [6.07, 6.45) is 1.81. The van der Waals surface area contributed by atoms with E-state index in [0.717, 1.165) is 31.6 Å². The predicted octanol–water partition coefficient (Wildman–Crippen LogP) is 2.13. The van der Waals surface area contributed by atoms with E-state index in [4.69, 9.17) is 0 Å². The van der Waals surface area contributed by atoms with Crippen molar-refractivity contribution >= 4 is 15.7 Å². The Morgan fingerprint density at radius 3 is 2.33 bits per heavy atom. The second kappa shape index (κ2) is 8.36. The molecule has 1 aromatic rings. The third-order valence-electron chi connectivity index (χ3n) is 3.11. The molecule has 0 aliphatic rings. The van der Waals surface area contributed by atoms with Gasteiger partial charge in [0.2, 0.25) is 10.0 Å². The molecular formula is C15H27N3O2S. The average molecular weight is 313 g/mol. The summed E-state index contributed by atoms with van der Waals surface area (Å²) in [5.41, 5.74) is 0.941. The summed E-state index contributed by atoms with van der Waals surface area (Å²) in [6, 6.07) is 6.79. The van der Waals surface area contributed by atoms with Crippen LogP contribution in [0.4, 0.5) is 5.69 Å². The number of benzene rings is 1. The van der Waals surface area contributed by atoms with Gasteiger partial charge < -0.3 is 10.2 Å². The molecule has 1 unspecified atom stereocenters. The Morgan fingerprint density at radius 2 is 1.81 bits per heavy atom. The van der Waals surface area contributed by atoms with E-state index in [9.17, 15) is 8.42 Å². The maximum atomic E-state index is 12.3. The second-order valence-corrected chi connectivity index (χ2v) is 7.28. The Hall–Kier alpha value is -1.11. The van der Waals surface area contributed by atoms with Crippen LogP contribution in [0.15, 0.2) is 29.2 Å². The molecule has 6 heteroatoms. The molecule has 5 nitrogen and oxygen atoms in total. The van der Waals surface area contributed by atoms with Gasteiger partial charge >= 0.3 is 0 Å². The van der Waals surface area contributed by atoms with Crippen LogP contribution in [-0.4, -0.2) is 46.5 Å². The molecule has 0 radical (unpaired) electrons. The molecule has 0 heterocycles. The van der Waals surface area contributed by atoms with Crippen LogP contribution in [0, 0.1) is 0 Å². The zero-order valence-corrected chi connectivity index (χ0v) is 14.2. The fraction of sp³-hybridized carbons (Fsp3) is 0.600. The molecule has 0 saturated heterocycles. The largest absolute Gasteiger partial charge is 0.385 e. The van der Waals surface area contributed by atoms with Gasteiger partial charge in [0.1, 0.15) is 0 Å². The number of rotatable bonds is 9. The highest BCUT2D eigenvalue weighted by atomic mass is 32.2. The van der Waals surface area contributed by atoms with Crippen molar-refractivity contribution in [3.8, 4) is 0 Å². The summed E-state index contributed by atoms with van der Waals surface area (Å²) in [5.74, 6) is 0. The molecule has 1 rings (SSSR count). The number of nitrogens with one attached hydrogen (secondary N) is 2. The van der Waals surface area contributed by atoms with Gasteiger partial charge in [0.05, 0.1) is 4.90 Å². The zero-order chi connectivity index (χ0) is 15.9. The lowest BCUT2D eigenvalue weighted by atomic mass is 10.2. The quantitative estimate of drug-likeness (QED) is 0.733. The highest BCUT2D eigenvalue weighted by Gasteiger charge is 2.17. The highest BCUT2D eigenvalue weighted by Crippen LogP contribution is 2.14. The predicted molar refractivity (Wildman–Crippen MR) is 88.2 cm³/mol. The Kier molecular flexibility index (Phi) is 7.14. The first-order valence-electron chi connectivity index (χ1n) is 7.36. The van der Waals surface area contributed by atoms with Crippen molar-refractivity contribution < 1.29 is 8.42 Å². The summed E-state index contributed by atoms with van der Waals surface area (Å²) < 4.78 is 27.3. The minimum absolute atomic E-state index is 0.0877. The van der Waals surface area contributed by atoms with E-state index in [1.54, 1.807) is 24.3 Å². The normalized spacial score (nSPS) is 13.4. The number of hydrogen-bond donors (Lipinski definition) is 2. The van der Waals surface area contributed by atoms with Crippen molar-refractivity contribution in [3.05, 3.63) is 24.3 Å². The molecule has 120 valence electrons. The Bertz CT molecular complexity index is 512. The highest BCUT2D eigenvalue weighted by molar-refractivity contribution is 7.89. The molecule has 0 fully saturated rings. The smallest absolute Gasteiger partial charge is 0.240 e. The molecule has 21 heavy (non-hydrogen) atoms. The van der Waals surface area contributed by atoms with Gasteiger partial charge in [0.15, 0.2) is 0 Å². The summed E-state index contributed by atoms with van der Waals surface area (Å²) in [5, 5.41) is 3.23. The number of anilines is 1. The van der Waals surface area contributed by atoms with Crippen LogP contribution in [0.1, 0.15) is 26.7 Å².